The minimum absolute atomic E-state index is 0.144. The second kappa shape index (κ2) is 4.67. The van der Waals surface area contributed by atoms with E-state index in [0.29, 0.717) is 12.2 Å². The Morgan fingerprint density at radius 1 is 1.71 bits per heavy atom. The summed E-state index contributed by atoms with van der Waals surface area (Å²) in [6.07, 6.45) is 3.42. The second-order valence-electron chi connectivity index (χ2n) is 4.39. The van der Waals surface area contributed by atoms with Crippen molar-refractivity contribution < 1.29 is 9.66 Å². The molecule has 0 aromatic carbocycles. The number of nitrogens with zero attached hydrogens (tertiary/aromatic N) is 2. The van der Waals surface area contributed by atoms with Crippen LogP contribution in [0.3, 0.4) is 0 Å². The summed E-state index contributed by atoms with van der Waals surface area (Å²) in [5.41, 5.74) is 0.207. The third-order valence-electron chi connectivity index (χ3n) is 2.91. The number of anilines is 1. The Bertz CT molecular complexity index is 416. The molecular formula is C11H15N3O3. The quantitative estimate of drug-likeness (QED) is 0.640. The van der Waals surface area contributed by atoms with Crippen LogP contribution in [0, 0.1) is 10.1 Å². The maximum Gasteiger partial charge on any atom is 0.386 e. The third kappa shape index (κ3) is 2.71. The molecule has 1 saturated heterocycles. The average Bonchev–Trinajstić information content (AvgIpc) is 2.74. The van der Waals surface area contributed by atoms with Gasteiger partial charge >= 0.3 is 5.82 Å². The van der Waals surface area contributed by atoms with Crippen molar-refractivity contribution in [2.24, 2.45) is 0 Å². The lowest BCUT2D eigenvalue weighted by Gasteiger charge is -2.23. The number of hydrogen-bond acceptors (Lipinski definition) is 5. The van der Waals surface area contributed by atoms with Crippen LogP contribution < -0.4 is 5.32 Å². The zero-order valence-electron chi connectivity index (χ0n) is 9.68. The minimum Gasteiger partial charge on any atom is -0.375 e. The average molecular weight is 237 g/mol. The van der Waals surface area contributed by atoms with Gasteiger partial charge in [0.25, 0.3) is 0 Å². The predicted octanol–water partition coefficient (Wildman–Crippen LogP) is 1.97. The molecule has 1 N–H and O–H groups in total. The van der Waals surface area contributed by atoms with E-state index in [9.17, 15) is 10.1 Å². The first-order chi connectivity index (χ1) is 8.11. The maximum atomic E-state index is 10.8. The Balaban J connectivity index is 2.06. The highest BCUT2D eigenvalue weighted by Crippen LogP contribution is 2.27. The van der Waals surface area contributed by atoms with Gasteiger partial charge in [-0.15, -0.1) is 0 Å². The Kier molecular flexibility index (Phi) is 3.23. The van der Waals surface area contributed by atoms with Crippen molar-refractivity contribution in [1.29, 1.82) is 0 Å². The van der Waals surface area contributed by atoms with Crippen molar-refractivity contribution in [2.75, 3.05) is 18.5 Å². The van der Waals surface area contributed by atoms with E-state index in [-0.39, 0.29) is 11.4 Å². The molecule has 0 amide bonds. The van der Waals surface area contributed by atoms with Crippen LogP contribution in [-0.4, -0.2) is 28.7 Å². The summed E-state index contributed by atoms with van der Waals surface area (Å²) >= 11 is 0. The van der Waals surface area contributed by atoms with Crippen molar-refractivity contribution in [1.82, 2.24) is 4.98 Å². The normalized spacial score (nSPS) is 23.6. The maximum absolute atomic E-state index is 10.8. The van der Waals surface area contributed by atoms with E-state index in [0.717, 1.165) is 19.4 Å². The molecule has 0 spiro atoms. The minimum atomic E-state index is -0.486. The molecule has 2 rings (SSSR count). The lowest BCUT2D eigenvalue weighted by atomic mass is 10.0. The summed E-state index contributed by atoms with van der Waals surface area (Å²) in [7, 11) is 0. The number of aromatic nitrogens is 1. The fourth-order valence-electron chi connectivity index (χ4n) is 1.94. The summed E-state index contributed by atoms with van der Waals surface area (Å²) in [6, 6.07) is 3.33. The van der Waals surface area contributed by atoms with Gasteiger partial charge in [0.1, 0.15) is 11.9 Å². The molecule has 0 bridgehead atoms. The van der Waals surface area contributed by atoms with Gasteiger partial charge in [0.2, 0.25) is 0 Å². The molecule has 17 heavy (non-hydrogen) atoms. The van der Waals surface area contributed by atoms with Crippen LogP contribution in [-0.2, 0) is 4.74 Å². The van der Waals surface area contributed by atoms with Gasteiger partial charge in [0, 0.05) is 13.2 Å². The summed E-state index contributed by atoms with van der Waals surface area (Å²) < 4.78 is 5.61. The Morgan fingerprint density at radius 2 is 2.53 bits per heavy atom. The Morgan fingerprint density at radius 3 is 3.18 bits per heavy atom. The molecular weight excluding hydrogens is 222 g/mol. The predicted molar refractivity (Wildman–Crippen MR) is 63.0 cm³/mol. The van der Waals surface area contributed by atoms with Crippen LogP contribution in [0.15, 0.2) is 18.3 Å². The standard InChI is InChI=1S/C11H15N3O3/c1-11(5-3-7-17-11)8-13-9-4-2-6-12-10(9)14(15)16/h2,4,6,13H,3,5,7-8H2,1H3. The first kappa shape index (κ1) is 11.8. The fraction of sp³-hybridized carbons (Fsp3) is 0.545. The van der Waals surface area contributed by atoms with Gasteiger partial charge in [-0.2, -0.15) is 0 Å². The van der Waals surface area contributed by atoms with Gasteiger partial charge in [0.05, 0.1) is 5.60 Å². The largest absolute Gasteiger partial charge is 0.386 e. The molecule has 0 aliphatic carbocycles. The first-order valence-electron chi connectivity index (χ1n) is 5.58. The van der Waals surface area contributed by atoms with E-state index < -0.39 is 4.92 Å². The molecule has 0 radical (unpaired) electrons. The monoisotopic (exact) mass is 237 g/mol. The molecule has 6 heteroatoms. The van der Waals surface area contributed by atoms with Crippen LogP contribution in [0.5, 0.6) is 0 Å². The Labute approximate surface area is 99.2 Å². The number of nitrogens with one attached hydrogen (secondary N) is 1. The smallest absolute Gasteiger partial charge is 0.375 e. The van der Waals surface area contributed by atoms with Gasteiger partial charge < -0.3 is 20.2 Å². The van der Waals surface area contributed by atoms with Crippen LogP contribution in [0.25, 0.3) is 0 Å². The van der Waals surface area contributed by atoms with E-state index >= 15 is 0 Å². The van der Waals surface area contributed by atoms with Crippen LogP contribution in [0.4, 0.5) is 11.5 Å². The topological polar surface area (TPSA) is 77.3 Å². The van der Waals surface area contributed by atoms with E-state index in [1.807, 2.05) is 6.92 Å². The number of nitro groups is 1. The van der Waals surface area contributed by atoms with Crippen LogP contribution >= 0.6 is 0 Å². The van der Waals surface area contributed by atoms with Gasteiger partial charge in [0.15, 0.2) is 0 Å². The van der Waals surface area contributed by atoms with E-state index in [1.165, 1.54) is 6.20 Å². The lowest BCUT2D eigenvalue weighted by Crippen LogP contribution is -2.32. The summed E-state index contributed by atoms with van der Waals surface area (Å²) in [4.78, 5) is 14.0. The molecule has 6 nitrogen and oxygen atoms in total. The molecule has 2 heterocycles. The summed E-state index contributed by atoms with van der Waals surface area (Å²) in [5.74, 6) is -0.144. The lowest BCUT2D eigenvalue weighted by molar-refractivity contribution is -0.388. The molecule has 1 atom stereocenters. The van der Waals surface area contributed by atoms with Crippen LogP contribution in [0.2, 0.25) is 0 Å². The van der Waals surface area contributed by atoms with Crippen molar-refractivity contribution in [2.45, 2.75) is 25.4 Å². The number of pyridine rings is 1. The summed E-state index contributed by atoms with van der Waals surface area (Å²) in [6.45, 7) is 3.32. The Hall–Kier alpha value is -1.69. The molecule has 1 aliphatic rings. The molecule has 92 valence electrons. The first-order valence-corrected chi connectivity index (χ1v) is 5.58. The molecule has 1 unspecified atom stereocenters. The number of hydrogen-bond donors (Lipinski definition) is 1. The van der Waals surface area contributed by atoms with E-state index in [2.05, 4.69) is 10.3 Å². The van der Waals surface area contributed by atoms with Gasteiger partial charge in [-0.05, 0) is 41.8 Å². The second-order valence-corrected chi connectivity index (χ2v) is 4.39. The molecule has 0 saturated carbocycles. The van der Waals surface area contributed by atoms with Gasteiger partial charge in [-0.1, -0.05) is 0 Å². The highest BCUT2D eigenvalue weighted by Gasteiger charge is 2.30. The fourth-order valence-corrected chi connectivity index (χ4v) is 1.94. The number of ether oxygens (including phenoxy) is 1. The molecule has 1 aromatic rings. The molecule has 1 aliphatic heterocycles. The number of rotatable bonds is 4. The van der Waals surface area contributed by atoms with Crippen LogP contribution in [0.1, 0.15) is 19.8 Å². The van der Waals surface area contributed by atoms with E-state index in [1.54, 1.807) is 12.1 Å². The zero-order chi connectivity index (χ0) is 12.3. The van der Waals surface area contributed by atoms with Crippen molar-refractivity contribution >= 4 is 11.5 Å². The SMILES string of the molecule is CC1(CNc2cccnc2[N+](=O)[O-])CCCO1. The molecule has 1 aromatic heterocycles. The van der Waals surface area contributed by atoms with Crippen molar-refractivity contribution in [3.63, 3.8) is 0 Å². The highest BCUT2D eigenvalue weighted by atomic mass is 16.6. The highest BCUT2D eigenvalue weighted by molar-refractivity contribution is 5.56. The van der Waals surface area contributed by atoms with Crippen molar-refractivity contribution in [3.8, 4) is 0 Å². The van der Waals surface area contributed by atoms with Gasteiger partial charge in [-0.25, -0.2) is 0 Å². The zero-order valence-corrected chi connectivity index (χ0v) is 9.68. The van der Waals surface area contributed by atoms with Gasteiger partial charge in [-0.3, -0.25) is 0 Å². The summed E-state index contributed by atoms with van der Waals surface area (Å²) in [5, 5.41) is 13.8. The molecule has 1 fully saturated rings. The third-order valence-corrected chi connectivity index (χ3v) is 2.91. The van der Waals surface area contributed by atoms with Crippen molar-refractivity contribution in [3.05, 3.63) is 28.4 Å². The van der Waals surface area contributed by atoms with E-state index in [4.69, 9.17) is 4.74 Å².